The van der Waals surface area contributed by atoms with E-state index in [-0.39, 0.29) is 5.91 Å². The molecule has 8 heteroatoms. The topological polar surface area (TPSA) is 82.5 Å². The molecule has 0 aliphatic carbocycles. The van der Waals surface area contributed by atoms with Gasteiger partial charge in [-0.1, -0.05) is 30.3 Å². The summed E-state index contributed by atoms with van der Waals surface area (Å²) in [5, 5.41) is 13.1. The molecule has 0 spiro atoms. The molecule has 3 heterocycles. The summed E-state index contributed by atoms with van der Waals surface area (Å²) in [5.41, 5.74) is 2.41. The van der Waals surface area contributed by atoms with E-state index in [0.29, 0.717) is 26.1 Å². The second-order valence-corrected chi connectivity index (χ2v) is 7.88. The number of amides is 1. The van der Waals surface area contributed by atoms with Gasteiger partial charge in [0, 0.05) is 50.5 Å². The number of β-amino-alcohol motifs (C(OH)–C–C–N with tert-alkyl or cyclic N) is 1. The van der Waals surface area contributed by atoms with Crippen LogP contribution in [-0.4, -0.2) is 68.5 Å². The Morgan fingerprint density at radius 1 is 1.14 bits per heavy atom. The molecule has 1 aliphatic rings. The van der Waals surface area contributed by atoms with E-state index in [2.05, 4.69) is 19.9 Å². The van der Waals surface area contributed by atoms with Crippen molar-refractivity contribution in [2.75, 3.05) is 32.7 Å². The van der Waals surface area contributed by atoms with Crippen LogP contribution in [0.3, 0.4) is 0 Å². The van der Waals surface area contributed by atoms with Crippen molar-refractivity contribution < 1.29 is 9.90 Å². The van der Waals surface area contributed by atoms with Gasteiger partial charge in [-0.3, -0.25) is 19.7 Å². The fourth-order valence-electron chi connectivity index (χ4n) is 3.39. The van der Waals surface area contributed by atoms with Crippen LogP contribution in [0.5, 0.6) is 0 Å². The number of hydrogen-bond acceptors (Lipinski definition) is 7. The first-order valence-electron chi connectivity index (χ1n) is 9.63. The minimum atomic E-state index is -0.507. The standard InChI is InChI=1S/C21H23N5O2S/c27-19(16-4-2-1-3-5-16)14-25-8-10-26(11-9-25)20(28)12-17-15-29-21(24-17)18-13-22-6-7-23-18/h1-7,13,15,19,27H,8-12,14H2. The highest BCUT2D eigenvalue weighted by Gasteiger charge is 2.23. The molecule has 0 saturated carbocycles. The molecule has 4 rings (SSSR count). The van der Waals surface area contributed by atoms with Crippen LogP contribution in [0, 0.1) is 0 Å². The fourth-order valence-corrected chi connectivity index (χ4v) is 4.17. The summed E-state index contributed by atoms with van der Waals surface area (Å²) in [4.78, 5) is 29.6. The third kappa shape index (κ3) is 5.03. The second-order valence-electron chi connectivity index (χ2n) is 7.02. The predicted octanol–water partition coefficient (Wildman–Crippen LogP) is 2.02. The summed E-state index contributed by atoms with van der Waals surface area (Å²) in [5.74, 6) is 0.0873. The lowest BCUT2D eigenvalue weighted by Crippen LogP contribution is -2.50. The highest BCUT2D eigenvalue weighted by Crippen LogP contribution is 2.21. The van der Waals surface area contributed by atoms with E-state index in [1.165, 1.54) is 11.3 Å². The van der Waals surface area contributed by atoms with E-state index < -0.39 is 6.10 Å². The van der Waals surface area contributed by atoms with Gasteiger partial charge in [0.1, 0.15) is 10.7 Å². The summed E-state index contributed by atoms with van der Waals surface area (Å²) >= 11 is 1.48. The fraction of sp³-hybridized carbons (Fsp3) is 0.333. The smallest absolute Gasteiger partial charge is 0.228 e. The number of nitrogens with zero attached hydrogens (tertiary/aromatic N) is 5. The lowest BCUT2D eigenvalue weighted by molar-refractivity contribution is -0.132. The average molecular weight is 410 g/mol. The number of thiazole rings is 1. The number of carbonyl (C=O) groups excluding carboxylic acids is 1. The minimum Gasteiger partial charge on any atom is -0.387 e. The number of piperazine rings is 1. The first-order chi connectivity index (χ1) is 14.2. The summed E-state index contributed by atoms with van der Waals surface area (Å²) in [6, 6.07) is 9.69. The van der Waals surface area contributed by atoms with Crippen LogP contribution in [0.4, 0.5) is 0 Å². The van der Waals surface area contributed by atoms with Gasteiger partial charge in [0.2, 0.25) is 5.91 Å². The van der Waals surface area contributed by atoms with Gasteiger partial charge in [-0.05, 0) is 5.56 Å². The molecule has 1 atom stereocenters. The van der Waals surface area contributed by atoms with Gasteiger partial charge < -0.3 is 10.0 Å². The summed E-state index contributed by atoms with van der Waals surface area (Å²) in [6.45, 7) is 3.44. The third-order valence-electron chi connectivity index (χ3n) is 5.01. The molecule has 1 N–H and O–H groups in total. The molecule has 150 valence electrons. The zero-order valence-corrected chi connectivity index (χ0v) is 16.8. The van der Waals surface area contributed by atoms with Gasteiger partial charge >= 0.3 is 0 Å². The van der Waals surface area contributed by atoms with E-state index in [4.69, 9.17) is 0 Å². The van der Waals surface area contributed by atoms with Crippen LogP contribution in [0.25, 0.3) is 10.7 Å². The van der Waals surface area contributed by atoms with Crippen LogP contribution >= 0.6 is 11.3 Å². The minimum absolute atomic E-state index is 0.0873. The highest BCUT2D eigenvalue weighted by molar-refractivity contribution is 7.13. The van der Waals surface area contributed by atoms with Crippen LogP contribution in [-0.2, 0) is 11.2 Å². The van der Waals surface area contributed by atoms with Crippen LogP contribution in [0.1, 0.15) is 17.4 Å². The lowest BCUT2D eigenvalue weighted by atomic mass is 10.1. The molecule has 1 aromatic carbocycles. The Labute approximate surface area is 173 Å². The van der Waals surface area contributed by atoms with Gasteiger partial charge in [-0.2, -0.15) is 0 Å². The first kappa shape index (κ1) is 19.6. The Hall–Kier alpha value is -2.68. The maximum absolute atomic E-state index is 12.7. The van der Waals surface area contributed by atoms with Crippen molar-refractivity contribution in [1.82, 2.24) is 24.8 Å². The number of aliphatic hydroxyl groups excluding tert-OH is 1. The van der Waals surface area contributed by atoms with Crippen molar-refractivity contribution in [2.24, 2.45) is 0 Å². The van der Waals surface area contributed by atoms with Crippen LogP contribution < -0.4 is 0 Å². The number of hydrogen-bond donors (Lipinski definition) is 1. The number of aliphatic hydroxyl groups is 1. The number of aromatic nitrogens is 3. The van der Waals surface area contributed by atoms with Gasteiger partial charge in [-0.25, -0.2) is 4.98 Å². The molecule has 1 amide bonds. The van der Waals surface area contributed by atoms with E-state index in [1.807, 2.05) is 40.6 Å². The Balaban J connectivity index is 1.27. The maximum Gasteiger partial charge on any atom is 0.228 e. The van der Waals surface area contributed by atoms with E-state index in [0.717, 1.165) is 35.0 Å². The molecule has 7 nitrogen and oxygen atoms in total. The molecule has 1 aliphatic heterocycles. The summed E-state index contributed by atoms with van der Waals surface area (Å²) < 4.78 is 0. The largest absolute Gasteiger partial charge is 0.387 e. The average Bonchev–Trinajstić information content (AvgIpc) is 3.24. The predicted molar refractivity (Wildman–Crippen MR) is 111 cm³/mol. The number of benzene rings is 1. The van der Waals surface area contributed by atoms with E-state index >= 15 is 0 Å². The van der Waals surface area contributed by atoms with E-state index in [1.54, 1.807) is 18.6 Å². The molecule has 0 bridgehead atoms. The number of rotatable bonds is 6. The summed E-state index contributed by atoms with van der Waals surface area (Å²) in [6.07, 6.45) is 4.72. The Morgan fingerprint density at radius 3 is 2.66 bits per heavy atom. The van der Waals surface area contributed by atoms with Crippen molar-refractivity contribution in [3.63, 3.8) is 0 Å². The third-order valence-corrected chi connectivity index (χ3v) is 5.92. The zero-order chi connectivity index (χ0) is 20.1. The quantitative estimate of drug-likeness (QED) is 0.671. The van der Waals surface area contributed by atoms with Crippen molar-refractivity contribution in [2.45, 2.75) is 12.5 Å². The highest BCUT2D eigenvalue weighted by atomic mass is 32.1. The van der Waals surface area contributed by atoms with Crippen LogP contribution in [0.2, 0.25) is 0 Å². The molecule has 29 heavy (non-hydrogen) atoms. The van der Waals surface area contributed by atoms with Crippen molar-refractivity contribution in [3.05, 3.63) is 65.6 Å². The molecule has 3 aromatic rings. The molecular weight excluding hydrogens is 386 g/mol. The second kappa shape index (κ2) is 9.21. The molecule has 1 fully saturated rings. The Morgan fingerprint density at radius 2 is 1.93 bits per heavy atom. The monoisotopic (exact) mass is 409 g/mol. The molecule has 0 radical (unpaired) electrons. The van der Waals surface area contributed by atoms with Gasteiger partial charge in [0.15, 0.2) is 0 Å². The van der Waals surface area contributed by atoms with Crippen molar-refractivity contribution in [1.29, 1.82) is 0 Å². The van der Waals surface area contributed by atoms with Crippen molar-refractivity contribution >= 4 is 17.2 Å². The first-order valence-corrected chi connectivity index (χ1v) is 10.5. The lowest BCUT2D eigenvalue weighted by Gasteiger charge is -2.35. The molecule has 1 saturated heterocycles. The number of carbonyl (C=O) groups is 1. The normalized spacial score (nSPS) is 16.0. The van der Waals surface area contributed by atoms with Gasteiger partial charge in [0.25, 0.3) is 0 Å². The van der Waals surface area contributed by atoms with Gasteiger partial charge in [0.05, 0.1) is 24.4 Å². The molecule has 1 unspecified atom stereocenters. The van der Waals surface area contributed by atoms with Crippen molar-refractivity contribution in [3.8, 4) is 10.7 Å². The SMILES string of the molecule is O=C(Cc1csc(-c2cnccn2)n1)N1CCN(CC(O)c2ccccc2)CC1. The maximum atomic E-state index is 12.7. The van der Waals surface area contributed by atoms with E-state index in [9.17, 15) is 9.90 Å². The molecule has 2 aromatic heterocycles. The Kier molecular flexibility index (Phi) is 6.24. The van der Waals surface area contributed by atoms with Crippen LogP contribution in [0.15, 0.2) is 54.3 Å². The Bertz CT molecular complexity index is 927. The zero-order valence-electron chi connectivity index (χ0n) is 16.0. The van der Waals surface area contributed by atoms with Gasteiger partial charge in [-0.15, -0.1) is 11.3 Å². The summed E-state index contributed by atoms with van der Waals surface area (Å²) in [7, 11) is 0. The molecular formula is C21H23N5O2S.